The maximum absolute atomic E-state index is 10.7. The van der Waals surface area contributed by atoms with Gasteiger partial charge in [0.25, 0.3) is 0 Å². The molecule has 2 N–H and O–H groups in total. The molecule has 0 atom stereocenters. The third-order valence-corrected chi connectivity index (χ3v) is 2.51. The summed E-state index contributed by atoms with van der Waals surface area (Å²) in [6.07, 6.45) is 0. The molecule has 19 heavy (non-hydrogen) atoms. The minimum absolute atomic E-state index is 0.126. The predicted octanol–water partition coefficient (Wildman–Crippen LogP) is 2.68. The molecule has 0 aliphatic carbocycles. The Morgan fingerprint density at radius 1 is 0.842 bits per heavy atom. The average molecular weight is 277 g/mol. The van der Waals surface area contributed by atoms with Crippen LogP contribution >= 0.6 is 0 Å². The van der Waals surface area contributed by atoms with E-state index >= 15 is 0 Å². The topological polar surface area (TPSA) is 94.1 Å². The van der Waals surface area contributed by atoms with E-state index in [0.717, 1.165) is 5.69 Å². The van der Waals surface area contributed by atoms with Gasteiger partial charge in [-0.3, -0.25) is 0 Å². The van der Waals surface area contributed by atoms with Gasteiger partial charge in [0.2, 0.25) is 0 Å². The van der Waals surface area contributed by atoms with Crippen LogP contribution in [0, 0.1) is 0 Å². The zero-order valence-electron chi connectivity index (χ0n) is 9.80. The maximum atomic E-state index is 10.7. The molecule has 0 bridgehead atoms. The Morgan fingerprint density at radius 2 is 1.37 bits per heavy atom. The van der Waals surface area contributed by atoms with Crippen molar-refractivity contribution in [2.24, 2.45) is 15.4 Å². The summed E-state index contributed by atoms with van der Waals surface area (Å²) in [5.41, 5.74) is 1.30. The van der Waals surface area contributed by atoms with E-state index in [9.17, 15) is 8.42 Å². The SMILES string of the molecule is NS(=O)(=O)Oc1ccc(N=Nc2ccccc2)cc1. The molecule has 0 saturated carbocycles. The Balaban J connectivity index is 2.09. The molecule has 0 heterocycles. The highest BCUT2D eigenvalue weighted by atomic mass is 32.2. The van der Waals surface area contributed by atoms with Gasteiger partial charge in [-0.25, -0.2) is 0 Å². The summed E-state index contributed by atoms with van der Waals surface area (Å²) in [6.45, 7) is 0. The van der Waals surface area contributed by atoms with Crippen molar-refractivity contribution in [3.63, 3.8) is 0 Å². The van der Waals surface area contributed by atoms with E-state index in [1.54, 1.807) is 12.1 Å². The Hall–Kier alpha value is -2.25. The highest BCUT2D eigenvalue weighted by Crippen LogP contribution is 2.21. The number of hydrogen-bond donors (Lipinski definition) is 1. The van der Waals surface area contributed by atoms with Crippen LogP contribution < -0.4 is 9.32 Å². The van der Waals surface area contributed by atoms with Crippen LogP contribution in [0.2, 0.25) is 0 Å². The van der Waals surface area contributed by atoms with Crippen molar-refractivity contribution in [1.82, 2.24) is 0 Å². The van der Waals surface area contributed by atoms with Crippen LogP contribution in [0.4, 0.5) is 11.4 Å². The van der Waals surface area contributed by atoms with Gasteiger partial charge in [0.15, 0.2) is 0 Å². The standard InChI is InChI=1S/C12H11N3O3S/c13-19(16,17)18-12-8-6-11(7-9-12)15-14-10-4-2-1-3-5-10/h1-9H,(H2,13,16,17). The zero-order valence-corrected chi connectivity index (χ0v) is 10.6. The molecular weight excluding hydrogens is 266 g/mol. The van der Waals surface area contributed by atoms with Crippen LogP contribution in [0.5, 0.6) is 5.75 Å². The van der Waals surface area contributed by atoms with Crippen molar-refractivity contribution in [1.29, 1.82) is 0 Å². The molecule has 2 rings (SSSR count). The highest BCUT2D eigenvalue weighted by Gasteiger charge is 2.04. The third-order valence-electron chi connectivity index (χ3n) is 2.09. The van der Waals surface area contributed by atoms with E-state index in [-0.39, 0.29) is 5.75 Å². The first-order chi connectivity index (χ1) is 9.03. The Bertz CT molecular complexity index is 667. The number of azo groups is 1. The third kappa shape index (κ3) is 4.49. The molecule has 0 radical (unpaired) electrons. The minimum atomic E-state index is -4.00. The number of benzene rings is 2. The summed E-state index contributed by atoms with van der Waals surface area (Å²) in [6, 6.07) is 15.3. The van der Waals surface area contributed by atoms with Crippen LogP contribution in [0.1, 0.15) is 0 Å². The lowest BCUT2D eigenvalue weighted by molar-refractivity contribution is 0.488. The summed E-state index contributed by atoms with van der Waals surface area (Å²) >= 11 is 0. The summed E-state index contributed by atoms with van der Waals surface area (Å²) in [5.74, 6) is 0.126. The normalized spacial score (nSPS) is 11.6. The van der Waals surface area contributed by atoms with Gasteiger partial charge >= 0.3 is 10.3 Å². The van der Waals surface area contributed by atoms with Crippen LogP contribution in [0.15, 0.2) is 64.8 Å². The van der Waals surface area contributed by atoms with Gasteiger partial charge in [-0.15, -0.1) is 0 Å². The van der Waals surface area contributed by atoms with E-state index in [2.05, 4.69) is 14.4 Å². The first kappa shape index (κ1) is 13.2. The van der Waals surface area contributed by atoms with E-state index in [1.807, 2.05) is 30.3 Å². The van der Waals surface area contributed by atoms with Gasteiger partial charge in [-0.2, -0.15) is 23.8 Å². The second kappa shape index (κ2) is 5.59. The fourth-order valence-corrected chi connectivity index (χ4v) is 1.69. The quantitative estimate of drug-likeness (QED) is 0.870. The maximum Gasteiger partial charge on any atom is 0.380 e. The van der Waals surface area contributed by atoms with Crippen LogP contribution in [0.3, 0.4) is 0 Å². The van der Waals surface area contributed by atoms with Crippen molar-refractivity contribution in [3.05, 3.63) is 54.6 Å². The smallest absolute Gasteiger partial charge is 0.371 e. The first-order valence-electron chi connectivity index (χ1n) is 5.32. The summed E-state index contributed by atoms with van der Waals surface area (Å²) in [4.78, 5) is 0. The van der Waals surface area contributed by atoms with Gasteiger partial charge < -0.3 is 4.18 Å². The molecule has 0 spiro atoms. The summed E-state index contributed by atoms with van der Waals surface area (Å²) < 4.78 is 25.9. The Kier molecular flexibility index (Phi) is 3.88. The molecule has 7 heteroatoms. The molecule has 0 aliphatic heterocycles. The summed E-state index contributed by atoms with van der Waals surface area (Å²) in [7, 11) is -4.00. The number of hydrogen-bond acceptors (Lipinski definition) is 5. The Morgan fingerprint density at radius 3 is 1.89 bits per heavy atom. The van der Waals surface area contributed by atoms with Crippen LogP contribution in [-0.4, -0.2) is 8.42 Å². The summed E-state index contributed by atoms with van der Waals surface area (Å²) in [5, 5.41) is 12.8. The molecule has 2 aromatic carbocycles. The number of rotatable bonds is 4. The van der Waals surface area contributed by atoms with Gasteiger partial charge in [0, 0.05) is 0 Å². The molecular formula is C12H11N3O3S. The number of nitrogens with zero attached hydrogens (tertiary/aromatic N) is 2. The molecule has 6 nitrogen and oxygen atoms in total. The minimum Gasteiger partial charge on any atom is -0.371 e. The largest absolute Gasteiger partial charge is 0.380 e. The van der Waals surface area contributed by atoms with E-state index in [1.165, 1.54) is 12.1 Å². The van der Waals surface area contributed by atoms with Gasteiger partial charge in [-0.05, 0) is 36.4 Å². The first-order valence-corrected chi connectivity index (χ1v) is 6.79. The Labute approximate surface area is 110 Å². The lowest BCUT2D eigenvalue weighted by Gasteiger charge is -2.01. The number of nitrogens with two attached hydrogens (primary N) is 1. The molecule has 0 amide bonds. The van der Waals surface area contributed by atoms with Crippen molar-refractivity contribution in [3.8, 4) is 5.75 Å². The molecule has 98 valence electrons. The molecule has 2 aromatic rings. The van der Waals surface area contributed by atoms with E-state index in [0.29, 0.717) is 5.69 Å². The fourth-order valence-electron chi connectivity index (χ4n) is 1.31. The lowest BCUT2D eigenvalue weighted by Crippen LogP contribution is -2.18. The second-order valence-corrected chi connectivity index (χ2v) is 4.76. The van der Waals surface area contributed by atoms with E-state index < -0.39 is 10.3 Å². The van der Waals surface area contributed by atoms with Crippen LogP contribution in [0.25, 0.3) is 0 Å². The molecule has 0 fully saturated rings. The van der Waals surface area contributed by atoms with Gasteiger partial charge in [0.1, 0.15) is 5.75 Å². The lowest BCUT2D eigenvalue weighted by atomic mass is 10.3. The molecule has 0 aromatic heterocycles. The molecule has 0 unspecified atom stereocenters. The fraction of sp³-hybridized carbons (Fsp3) is 0. The van der Waals surface area contributed by atoms with Crippen LogP contribution in [-0.2, 0) is 10.3 Å². The van der Waals surface area contributed by atoms with Crippen molar-refractivity contribution in [2.45, 2.75) is 0 Å². The molecule has 0 saturated heterocycles. The predicted molar refractivity (Wildman–Crippen MR) is 70.8 cm³/mol. The van der Waals surface area contributed by atoms with E-state index in [4.69, 9.17) is 5.14 Å². The highest BCUT2D eigenvalue weighted by molar-refractivity contribution is 7.84. The van der Waals surface area contributed by atoms with Crippen molar-refractivity contribution >= 4 is 21.7 Å². The van der Waals surface area contributed by atoms with Crippen molar-refractivity contribution in [2.75, 3.05) is 0 Å². The van der Waals surface area contributed by atoms with Crippen molar-refractivity contribution < 1.29 is 12.6 Å². The van der Waals surface area contributed by atoms with Gasteiger partial charge in [0.05, 0.1) is 11.4 Å². The zero-order chi connectivity index (χ0) is 13.7. The molecule has 0 aliphatic rings. The second-order valence-electron chi connectivity index (χ2n) is 3.61. The van der Waals surface area contributed by atoms with Gasteiger partial charge in [-0.1, -0.05) is 18.2 Å². The monoisotopic (exact) mass is 277 g/mol. The average Bonchev–Trinajstić information content (AvgIpc) is 2.37.